The van der Waals surface area contributed by atoms with Crippen LogP contribution in [0.3, 0.4) is 0 Å². The second kappa shape index (κ2) is 4.43. The number of hydrogen-bond acceptors (Lipinski definition) is 4. The molecule has 0 amide bonds. The number of esters is 1. The predicted molar refractivity (Wildman–Crippen MR) is 42.4 cm³/mol. The maximum atomic E-state index is 10.4. The highest BCUT2D eigenvalue weighted by Gasteiger charge is 1.94. The number of hydrogen-bond donors (Lipinski definition) is 0. The van der Waals surface area contributed by atoms with Gasteiger partial charge in [0, 0.05) is 25.7 Å². The fourth-order valence-electron chi connectivity index (χ4n) is 0.772. The Balaban J connectivity index is 2.29. The lowest BCUT2D eigenvalue weighted by Gasteiger charge is -1.99. The molecular weight excluding hydrogens is 156 g/mol. The van der Waals surface area contributed by atoms with Crippen LogP contribution < -0.4 is 0 Å². The lowest BCUT2D eigenvalue weighted by atomic mass is 10.3. The molecule has 0 aliphatic carbocycles. The molecule has 1 aromatic heterocycles. The summed E-state index contributed by atoms with van der Waals surface area (Å²) in [5, 5.41) is 0. The first kappa shape index (κ1) is 8.64. The maximum Gasteiger partial charge on any atom is 0.302 e. The van der Waals surface area contributed by atoms with Gasteiger partial charge in [-0.3, -0.25) is 4.79 Å². The van der Waals surface area contributed by atoms with Crippen LogP contribution >= 0.6 is 0 Å². The molecule has 0 saturated heterocycles. The molecule has 4 heteroatoms. The summed E-state index contributed by atoms with van der Waals surface area (Å²) in [6, 6.07) is 0. The van der Waals surface area contributed by atoms with Gasteiger partial charge >= 0.3 is 5.97 Å². The van der Waals surface area contributed by atoms with Gasteiger partial charge in [0.25, 0.3) is 0 Å². The second-order valence-electron chi connectivity index (χ2n) is 2.34. The predicted octanol–water partition coefficient (Wildman–Crippen LogP) is 0.582. The van der Waals surface area contributed by atoms with Crippen molar-refractivity contribution in [3.8, 4) is 0 Å². The third-order valence-corrected chi connectivity index (χ3v) is 1.31. The number of carbonyl (C=O) groups is 1. The smallest absolute Gasteiger partial charge is 0.302 e. The summed E-state index contributed by atoms with van der Waals surface area (Å²) in [5.74, 6) is -0.258. The zero-order valence-corrected chi connectivity index (χ0v) is 6.86. The van der Waals surface area contributed by atoms with Crippen LogP contribution in [0.5, 0.6) is 0 Å². The SMILES string of the molecule is CC(=O)OCCc1cncnc1. The van der Waals surface area contributed by atoms with Gasteiger partial charge in [0.05, 0.1) is 6.61 Å². The molecule has 0 aliphatic heterocycles. The molecule has 0 bridgehead atoms. The molecule has 12 heavy (non-hydrogen) atoms. The van der Waals surface area contributed by atoms with Gasteiger partial charge in [0.1, 0.15) is 6.33 Å². The molecule has 0 aromatic carbocycles. The van der Waals surface area contributed by atoms with E-state index in [4.69, 9.17) is 4.74 Å². The summed E-state index contributed by atoms with van der Waals surface area (Å²) in [6.45, 7) is 1.78. The number of nitrogens with zero attached hydrogens (tertiary/aromatic N) is 2. The third-order valence-electron chi connectivity index (χ3n) is 1.31. The van der Waals surface area contributed by atoms with Crippen molar-refractivity contribution in [1.82, 2.24) is 9.97 Å². The standard InChI is InChI=1S/C8H10N2O2/c1-7(11)12-3-2-8-4-9-6-10-5-8/h4-6H,2-3H2,1H3. The average molecular weight is 166 g/mol. The quantitative estimate of drug-likeness (QED) is 0.616. The third kappa shape index (κ3) is 3.09. The molecule has 0 N–H and O–H groups in total. The van der Waals surface area contributed by atoms with Crippen LogP contribution in [-0.4, -0.2) is 22.5 Å². The van der Waals surface area contributed by atoms with E-state index >= 15 is 0 Å². The van der Waals surface area contributed by atoms with Crippen molar-refractivity contribution in [2.24, 2.45) is 0 Å². The van der Waals surface area contributed by atoms with Crippen molar-refractivity contribution in [2.75, 3.05) is 6.61 Å². The van der Waals surface area contributed by atoms with Crippen LogP contribution in [0.2, 0.25) is 0 Å². The summed E-state index contributed by atoms with van der Waals surface area (Å²) < 4.78 is 4.75. The zero-order chi connectivity index (χ0) is 8.81. The summed E-state index contributed by atoms with van der Waals surface area (Å²) in [6.07, 6.45) is 5.54. The number of rotatable bonds is 3. The number of carbonyl (C=O) groups excluding carboxylic acids is 1. The lowest BCUT2D eigenvalue weighted by molar-refractivity contribution is -0.140. The van der Waals surface area contributed by atoms with E-state index in [2.05, 4.69) is 9.97 Å². The van der Waals surface area contributed by atoms with E-state index in [0.29, 0.717) is 13.0 Å². The molecule has 0 spiro atoms. The van der Waals surface area contributed by atoms with E-state index < -0.39 is 0 Å². The van der Waals surface area contributed by atoms with E-state index in [-0.39, 0.29) is 5.97 Å². The Hall–Kier alpha value is -1.45. The first-order chi connectivity index (χ1) is 5.79. The molecule has 0 atom stereocenters. The molecule has 1 aromatic rings. The Labute approximate surface area is 70.6 Å². The molecule has 1 rings (SSSR count). The molecular formula is C8H10N2O2. The topological polar surface area (TPSA) is 52.1 Å². The van der Waals surface area contributed by atoms with E-state index in [0.717, 1.165) is 5.56 Å². The highest BCUT2D eigenvalue weighted by molar-refractivity contribution is 5.65. The van der Waals surface area contributed by atoms with E-state index in [1.165, 1.54) is 13.3 Å². The first-order valence-electron chi connectivity index (χ1n) is 3.66. The highest BCUT2D eigenvalue weighted by atomic mass is 16.5. The van der Waals surface area contributed by atoms with Crippen LogP contribution in [0.4, 0.5) is 0 Å². The summed E-state index contributed by atoms with van der Waals surface area (Å²) in [5.41, 5.74) is 0.971. The minimum absolute atomic E-state index is 0.258. The molecule has 0 saturated carbocycles. The van der Waals surface area contributed by atoms with Gasteiger partial charge in [-0.1, -0.05) is 0 Å². The van der Waals surface area contributed by atoms with E-state index in [1.54, 1.807) is 12.4 Å². The fourth-order valence-corrected chi connectivity index (χ4v) is 0.772. The van der Waals surface area contributed by atoms with E-state index in [1.807, 2.05) is 0 Å². The molecule has 0 unspecified atom stereocenters. The van der Waals surface area contributed by atoms with Crippen molar-refractivity contribution < 1.29 is 9.53 Å². The van der Waals surface area contributed by atoms with Gasteiger partial charge in [-0.05, 0) is 5.56 Å². The normalized spacial score (nSPS) is 9.42. The fraction of sp³-hybridized carbons (Fsp3) is 0.375. The maximum absolute atomic E-state index is 10.4. The molecule has 0 fully saturated rings. The average Bonchev–Trinajstić information content (AvgIpc) is 2.05. The van der Waals surface area contributed by atoms with Crippen molar-refractivity contribution in [3.05, 3.63) is 24.3 Å². The zero-order valence-electron chi connectivity index (χ0n) is 6.86. The van der Waals surface area contributed by atoms with Crippen molar-refractivity contribution in [2.45, 2.75) is 13.3 Å². The first-order valence-corrected chi connectivity index (χ1v) is 3.66. The Morgan fingerprint density at radius 3 is 2.75 bits per heavy atom. The number of ether oxygens (including phenoxy) is 1. The van der Waals surface area contributed by atoms with Crippen LogP contribution in [0.1, 0.15) is 12.5 Å². The van der Waals surface area contributed by atoms with Crippen molar-refractivity contribution >= 4 is 5.97 Å². The van der Waals surface area contributed by atoms with E-state index in [9.17, 15) is 4.79 Å². The molecule has 1 heterocycles. The molecule has 4 nitrogen and oxygen atoms in total. The van der Waals surface area contributed by atoms with Crippen LogP contribution in [0.15, 0.2) is 18.7 Å². The minimum atomic E-state index is -0.258. The van der Waals surface area contributed by atoms with Crippen LogP contribution in [0.25, 0.3) is 0 Å². The molecule has 0 aliphatic rings. The number of aromatic nitrogens is 2. The van der Waals surface area contributed by atoms with Gasteiger partial charge < -0.3 is 4.74 Å². The van der Waals surface area contributed by atoms with Crippen molar-refractivity contribution in [3.63, 3.8) is 0 Å². The Kier molecular flexibility index (Phi) is 3.19. The Morgan fingerprint density at radius 2 is 2.17 bits per heavy atom. The summed E-state index contributed by atoms with van der Waals surface area (Å²) >= 11 is 0. The second-order valence-corrected chi connectivity index (χ2v) is 2.34. The van der Waals surface area contributed by atoms with Crippen molar-refractivity contribution in [1.29, 1.82) is 0 Å². The van der Waals surface area contributed by atoms with Gasteiger partial charge in [-0.2, -0.15) is 0 Å². The summed E-state index contributed by atoms with van der Waals surface area (Å²) in [4.78, 5) is 18.0. The van der Waals surface area contributed by atoms with Crippen LogP contribution in [0, 0.1) is 0 Å². The summed E-state index contributed by atoms with van der Waals surface area (Å²) in [7, 11) is 0. The minimum Gasteiger partial charge on any atom is -0.466 e. The van der Waals surface area contributed by atoms with Gasteiger partial charge in [-0.15, -0.1) is 0 Å². The largest absolute Gasteiger partial charge is 0.466 e. The monoisotopic (exact) mass is 166 g/mol. The van der Waals surface area contributed by atoms with Gasteiger partial charge in [0.15, 0.2) is 0 Å². The molecule has 0 radical (unpaired) electrons. The Bertz CT molecular complexity index is 248. The van der Waals surface area contributed by atoms with Gasteiger partial charge in [-0.25, -0.2) is 9.97 Å². The molecule has 64 valence electrons. The lowest BCUT2D eigenvalue weighted by Crippen LogP contribution is -2.03. The van der Waals surface area contributed by atoms with Gasteiger partial charge in [0.2, 0.25) is 0 Å². The van der Waals surface area contributed by atoms with Crippen LogP contribution in [-0.2, 0) is 16.0 Å². The Morgan fingerprint density at radius 1 is 1.50 bits per heavy atom. The highest BCUT2D eigenvalue weighted by Crippen LogP contribution is 1.94.